The number of carboxylic acid groups (broad SMARTS) is 1. The summed E-state index contributed by atoms with van der Waals surface area (Å²) >= 11 is 1.92. The summed E-state index contributed by atoms with van der Waals surface area (Å²) in [5, 5.41) is 11.3. The summed E-state index contributed by atoms with van der Waals surface area (Å²) in [6.45, 7) is 2.43. The fraction of sp³-hybridized carbons (Fsp3) is 0.429. The summed E-state index contributed by atoms with van der Waals surface area (Å²) in [5.41, 5.74) is 0.449. The molecular formula is C14H17FINO3. The van der Waals surface area contributed by atoms with Crippen molar-refractivity contribution in [2.45, 2.75) is 26.2 Å². The largest absolute Gasteiger partial charge is 0.481 e. The van der Waals surface area contributed by atoms with Gasteiger partial charge in [-0.3, -0.25) is 9.59 Å². The Morgan fingerprint density at radius 2 is 2.10 bits per heavy atom. The van der Waals surface area contributed by atoms with E-state index in [0.29, 0.717) is 22.1 Å². The number of nitrogens with one attached hydrogen (secondary N) is 1. The van der Waals surface area contributed by atoms with Crippen LogP contribution in [-0.2, 0) is 4.79 Å². The Kier molecular flexibility index (Phi) is 6.90. The van der Waals surface area contributed by atoms with Crippen molar-refractivity contribution in [3.8, 4) is 0 Å². The molecule has 0 aliphatic heterocycles. The smallest absolute Gasteiger partial charge is 0.303 e. The van der Waals surface area contributed by atoms with E-state index in [9.17, 15) is 14.0 Å². The van der Waals surface area contributed by atoms with E-state index in [4.69, 9.17) is 5.11 Å². The molecule has 1 unspecified atom stereocenters. The van der Waals surface area contributed by atoms with Crippen LogP contribution in [-0.4, -0.2) is 23.5 Å². The molecule has 2 N–H and O–H groups in total. The zero-order valence-corrected chi connectivity index (χ0v) is 13.3. The number of carboxylic acids is 1. The average molecular weight is 393 g/mol. The van der Waals surface area contributed by atoms with Gasteiger partial charge in [0.15, 0.2) is 0 Å². The van der Waals surface area contributed by atoms with E-state index < -0.39 is 5.97 Å². The van der Waals surface area contributed by atoms with Crippen LogP contribution >= 0.6 is 22.6 Å². The first kappa shape index (κ1) is 16.9. The highest BCUT2D eigenvalue weighted by Gasteiger charge is 2.11. The lowest BCUT2D eigenvalue weighted by Crippen LogP contribution is -2.26. The van der Waals surface area contributed by atoms with Gasteiger partial charge in [-0.1, -0.05) is 6.92 Å². The molecule has 0 spiro atoms. The molecule has 0 bridgehead atoms. The molecule has 0 aliphatic rings. The van der Waals surface area contributed by atoms with Crippen molar-refractivity contribution in [1.82, 2.24) is 5.32 Å². The van der Waals surface area contributed by atoms with Crippen molar-refractivity contribution in [1.29, 1.82) is 0 Å². The zero-order chi connectivity index (χ0) is 15.1. The average Bonchev–Trinajstić information content (AvgIpc) is 2.36. The molecule has 1 amide bonds. The molecule has 0 saturated heterocycles. The predicted octanol–water partition coefficient (Wildman–Crippen LogP) is 3.05. The second-order valence-corrected chi connectivity index (χ2v) is 5.87. The predicted molar refractivity (Wildman–Crippen MR) is 82.1 cm³/mol. The Hall–Kier alpha value is -1.18. The van der Waals surface area contributed by atoms with E-state index in [1.165, 1.54) is 18.2 Å². The summed E-state index contributed by atoms with van der Waals surface area (Å²) in [6, 6.07) is 4.03. The SMILES string of the molecule is CC(CCNC(=O)c1ccc(F)cc1I)CCC(=O)O. The minimum atomic E-state index is -0.804. The van der Waals surface area contributed by atoms with E-state index in [1.54, 1.807) is 0 Å². The van der Waals surface area contributed by atoms with Crippen LogP contribution in [0.4, 0.5) is 4.39 Å². The van der Waals surface area contributed by atoms with Gasteiger partial charge in [0, 0.05) is 16.5 Å². The van der Waals surface area contributed by atoms with Crippen LogP contribution in [0.1, 0.15) is 36.5 Å². The first-order valence-electron chi connectivity index (χ1n) is 6.35. The van der Waals surface area contributed by atoms with E-state index in [1.807, 2.05) is 29.5 Å². The second kappa shape index (κ2) is 8.18. The number of benzene rings is 1. The third-order valence-corrected chi connectivity index (χ3v) is 3.84. The lowest BCUT2D eigenvalue weighted by Gasteiger charge is -2.11. The second-order valence-electron chi connectivity index (χ2n) is 4.71. The van der Waals surface area contributed by atoms with Crippen molar-refractivity contribution in [3.05, 3.63) is 33.1 Å². The molecule has 1 aromatic rings. The molecule has 1 atom stereocenters. The molecule has 1 aromatic carbocycles. The quantitative estimate of drug-likeness (QED) is 0.700. The van der Waals surface area contributed by atoms with E-state index >= 15 is 0 Å². The monoisotopic (exact) mass is 393 g/mol. The number of aliphatic carboxylic acids is 1. The van der Waals surface area contributed by atoms with Gasteiger partial charge in [0.1, 0.15) is 5.82 Å². The van der Waals surface area contributed by atoms with E-state index in [0.717, 1.165) is 6.42 Å². The van der Waals surface area contributed by atoms with Crippen molar-refractivity contribution >= 4 is 34.5 Å². The van der Waals surface area contributed by atoms with Gasteiger partial charge in [-0.05, 0) is 59.5 Å². The van der Waals surface area contributed by atoms with Crippen molar-refractivity contribution in [3.63, 3.8) is 0 Å². The first-order chi connectivity index (χ1) is 9.40. The third kappa shape index (κ3) is 5.85. The number of rotatable bonds is 7. The van der Waals surface area contributed by atoms with Crippen LogP contribution in [0.25, 0.3) is 0 Å². The number of halogens is 2. The minimum absolute atomic E-state index is 0.144. The van der Waals surface area contributed by atoms with Crippen LogP contribution in [0.3, 0.4) is 0 Å². The molecule has 0 aromatic heterocycles. The van der Waals surface area contributed by atoms with Gasteiger partial charge in [-0.15, -0.1) is 0 Å². The van der Waals surface area contributed by atoms with Gasteiger partial charge >= 0.3 is 5.97 Å². The van der Waals surface area contributed by atoms with Crippen molar-refractivity contribution in [2.75, 3.05) is 6.54 Å². The summed E-state index contributed by atoms with van der Waals surface area (Å²) < 4.78 is 13.5. The Morgan fingerprint density at radius 1 is 1.40 bits per heavy atom. The van der Waals surface area contributed by atoms with Crippen LogP contribution in [0.2, 0.25) is 0 Å². The lowest BCUT2D eigenvalue weighted by molar-refractivity contribution is -0.137. The Balaban J connectivity index is 2.38. The Bertz CT molecular complexity index is 493. The molecule has 20 heavy (non-hydrogen) atoms. The normalized spacial score (nSPS) is 11.9. The fourth-order valence-corrected chi connectivity index (χ4v) is 2.44. The molecule has 0 saturated carbocycles. The van der Waals surface area contributed by atoms with Crippen LogP contribution in [0.5, 0.6) is 0 Å². The molecule has 110 valence electrons. The van der Waals surface area contributed by atoms with Gasteiger partial charge in [-0.2, -0.15) is 0 Å². The molecule has 0 heterocycles. The number of hydrogen-bond donors (Lipinski definition) is 2. The Morgan fingerprint density at radius 3 is 2.70 bits per heavy atom. The number of carbonyl (C=O) groups excluding carboxylic acids is 1. The number of hydrogen-bond acceptors (Lipinski definition) is 2. The van der Waals surface area contributed by atoms with E-state index in [2.05, 4.69) is 5.32 Å². The maximum Gasteiger partial charge on any atom is 0.303 e. The maximum atomic E-state index is 12.9. The van der Waals surface area contributed by atoms with Gasteiger partial charge < -0.3 is 10.4 Å². The molecule has 1 rings (SSSR count). The van der Waals surface area contributed by atoms with E-state index in [-0.39, 0.29) is 24.1 Å². The van der Waals surface area contributed by atoms with Gasteiger partial charge in [-0.25, -0.2) is 4.39 Å². The Labute approximate surface area is 130 Å². The van der Waals surface area contributed by atoms with Crippen molar-refractivity contribution in [2.24, 2.45) is 5.92 Å². The summed E-state index contributed by atoms with van der Waals surface area (Å²) in [4.78, 5) is 22.3. The van der Waals surface area contributed by atoms with Gasteiger partial charge in [0.25, 0.3) is 5.91 Å². The zero-order valence-electron chi connectivity index (χ0n) is 11.2. The standard InChI is InChI=1S/C14H17FINO3/c1-9(2-5-13(18)19)6-7-17-14(20)11-4-3-10(15)8-12(11)16/h3-4,8-9H,2,5-7H2,1H3,(H,17,20)(H,18,19). The van der Waals surface area contributed by atoms with Gasteiger partial charge in [0.2, 0.25) is 0 Å². The highest BCUT2D eigenvalue weighted by molar-refractivity contribution is 14.1. The third-order valence-electron chi connectivity index (χ3n) is 2.95. The first-order valence-corrected chi connectivity index (χ1v) is 7.43. The van der Waals surface area contributed by atoms with Crippen LogP contribution < -0.4 is 5.32 Å². The molecule has 6 heteroatoms. The fourth-order valence-electron chi connectivity index (χ4n) is 1.72. The van der Waals surface area contributed by atoms with Gasteiger partial charge in [0.05, 0.1) is 5.56 Å². The number of carbonyl (C=O) groups is 2. The van der Waals surface area contributed by atoms with Crippen LogP contribution in [0, 0.1) is 15.3 Å². The molecule has 4 nitrogen and oxygen atoms in total. The number of amides is 1. The van der Waals surface area contributed by atoms with Crippen LogP contribution in [0.15, 0.2) is 18.2 Å². The molecule has 0 aliphatic carbocycles. The maximum absolute atomic E-state index is 12.9. The molecule has 0 radical (unpaired) electrons. The molecule has 0 fully saturated rings. The summed E-state index contributed by atoms with van der Waals surface area (Å²) in [7, 11) is 0. The highest BCUT2D eigenvalue weighted by atomic mass is 127. The topological polar surface area (TPSA) is 66.4 Å². The summed E-state index contributed by atoms with van der Waals surface area (Å²) in [5.74, 6) is -1.17. The minimum Gasteiger partial charge on any atom is -0.481 e. The highest BCUT2D eigenvalue weighted by Crippen LogP contribution is 2.14. The molecular weight excluding hydrogens is 376 g/mol. The van der Waals surface area contributed by atoms with Crippen molar-refractivity contribution < 1.29 is 19.1 Å². The lowest BCUT2D eigenvalue weighted by atomic mass is 10.0. The summed E-state index contributed by atoms with van der Waals surface area (Å²) in [6.07, 6.45) is 1.46.